The molecule has 1 aliphatic heterocycles. The number of carbonyl (C=O) groups is 1. The van der Waals surface area contributed by atoms with Crippen molar-refractivity contribution in [3.63, 3.8) is 0 Å². The first kappa shape index (κ1) is 22.7. The highest BCUT2D eigenvalue weighted by Crippen LogP contribution is 2.38. The minimum Gasteiger partial charge on any atom is -0.490 e. The van der Waals surface area contributed by atoms with Crippen LogP contribution in [-0.4, -0.2) is 18.5 Å². The molecule has 0 N–H and O–H groups in total. The number of nitrogens with zero attached hydrogens (tertiary/aromatic N) is 1. The van der Waals surface area contributed by atoms with Gasteiger partial charge in [0.25, 0.3) is 0 Å². The van der Waals surface area contributed by atoms with E-state index in [2.05, 4.69) is 20.9 Å². The van der Waals surface area contributed by atoms with E-state index in [-0.39, 0.29) is 24.0 Å². The van der Waals surface area contributed by atoms with Gasteiger partial charge >= 0.3 is 5.97 Å². The van der Waals surface area contributed by atoms with Crippen molar-refractivity contribution in [1.82, 2.24) is 0 Å². The van der Waals surface area contributed by atoms with E-state index >= 15 is 0 Å². The van der Waals surface area contributed by atoms with E-state index in [0.29, 0.717) is 33.7 Å². The summed E-state index contributed by atoms with van der Waals surface area (Å²) in [5.74, 6) is -0.442. The van der Waals surface area contributed by atoms with Gasteiger partial charge in [-0.25, -0.2) is 18.6 Å². The molecular weight excluding hydrogens is 496 g/mol. The monoisotopic (exact) mass is 513 g/mol. The van der Waals surface area contributed by atoms with Crippen molar-refractivity contribution < 1.29 is 27.8 Å². The van der Waals surface area contributed by atoms with Gasteiger partial charge in [0.05, 0.1) is 11.1 Å². The minimum absolute atomic E-state index is 0.0362. The number of rotatable bonds is 7. The molecule has 1 heterocycles. The van der Waals surface area contributed by atoms with Gasteiger partial charge in [-0.2, -0.15) is 0 Å². The zero-order valence-electron chi connectivity index (χ0n) is 17.5. The second-order valence-electron chi connectivity index (χ2n) is 7.02. The van der Waals surface area contributed by atoms with Crippen LogP contribution >= 0.6 is 15.9 Å². The number of ether oxygens (including phenoxy) is 3. The number of esters is 1. The Morgan fingerprint density at radius 1 is 1.03 bits per heavy atom. The van der Waals surface area contributed by atoms with Gasteiger partial charge in [0.1, 0.15) is 18.2 Å². The Morgan fingerprint density at radius 2 is 1.82 bits per heavy atom. The maximum atomic E-state index is 13.5. The molecule has 5 nitrogen and oxygen atoms in total. The van der Waals surface area contributed by atoms with E-state index in [9.17, 15) is 13.6 Å². The van der Waals surface area contributed by atoms with Crippen LogP contribution in [0.5, 0.6) is 11.5 Å². The van der Waals surface area contributed by atoms with Crippen molar-refractivity contribution in [2.45, 2.75) is 13.5 Å². The Kier molecular flexibility index (Phi) is 6.84. The van der Waals surface area contributed by atoms with Crippen molar-refractivity contribution in [3.8, 4) is 11.5 Å². The number of cyclic esters (lactones) is 1. The molecule has 0 spiro atoms. The third kappa shape index (κ3) is 5.46. The van der Waals surface area contributed by atoms with Gasteiger partial charge in [0.2, 0.25) is 5.90 Å². The Hall–Kier alpha value is -3.52. The van der Waals surface area contributed by atoms with Crippen LogP contribution in [0.3, 0.4) is 0 Å². The topological polar surface area (TPSA) is 57.1 Å². The molecule has 4 rings (SSSR count). The summed E-state index contributed by atoms with van der Waals surface area (Å²) in [7, 11) is 0. The fourth-order valence-corrected chi connectivity index (χ4v) is 3.70. The Labute approximate surface area is 197 Å². The van der Waals surface area contributed by atoms with Gasteiger partial charge in [-0.3, -0.25) is 0 Å². The number of carbonyl (C=O) groups excluding carboxylic acids is 1. The third-order valence-corrected chi connectivity index (χ3v) is 5.21. The van der Waals surface area contributed by atoms with Crippen LogP contribution in [0.4, 0.5) is 8.78 Å². The molecule has 0 fully saturated rings. The lowest BCUT2D eigenvalue weighted by Gasteiger charge is -2.15. The van der Waals surface area contributed by atoms with Gasteiger partial charge < -0.3 is 14.2 Å². The zero-order chi connectivity index (χ0) is 23.4. The molecule has 0 aromatic heterocycles. The predicted molar refractivity (Wildman–Crippen MR) is 123 cm³/mol. The maximum absolute atomic E-state index is 13.5. The lowest BCUT2D eigenvalue weighted by atomic mass is 10.1. The summed E-state index contributed by atoms with van der Waals surface area (Å²) in [6, 6.07) is 15.1. The first-order valence-electron chi connectivity index (χ1n) is 10.0. The summed E-state index contributed by atoms with van der Waals surface area (Å²) in [6.45, 7) is 2.45. The van der Waals surface area contributed by atoms with Crippen LogP contribution in [0.25, 0.3) is 6.08 Å². The standard InChI is InChI=1S/C25H18BrF2NO4/c1-2-31-22-12-16(10-20(26)23(22)32-14-15-6-8-18(27)9-7-15)11-21-25(30)33-24(29-21)17-4-3-5-19(28)13-17/h3-13H,2,14H2,1H3. The van der Waals surface area contributed by atoms with Crippen LogP contribution < -0.4 is 9.47 Å². The lowest BCUT2D eigenvalue weighted by molar-refractivity contribution is -0.129. The summed E-state index contributed by atoms with van der Waals surface area (Å²) in [4.78, 5) is 16.5. The number of halogens is 3. The Bertz CT molecular complexity index is 1260. The first-order valence-corrected chi connectivity index (χ1v) is 10.8. The smallest absolute Gasteiger partial charge is 0.363 e. The van der Waals surface area contributed by atoms with Crippen molar-refractivity contribution in [2.24, 2.45) is 4.99 Å². The molecular formula is C25H18BrF2NO4. The summed E-state index contributed by atoms with van der Waals surface area (Å²) in [5, 5.41) is 0. The molecule has 1 aliphatic rings. The summed E-state index contributed by atoms with van der Waals surface area (Å²) in [6.07, 6.45) is 1.55. The second-order valence-corrected chi connectivity index (χ2v) is 7.88. The predicted octanol–water partition coefficient (Wildman–Crippen LogP) is 6.05. The lowest BCUT2D eigenvalue weighted by Crippen LogP contribution is -2.05. The third-order valence-electron chi connectivity index (χ3n) is 4.62. The molecule has 168 valence electrons. The first-order chi connectivity index (χ1) is 15.9. The molecule has 0 amide bonds. The highest BCUT2D eigenvalue weighted by atomic mass is 79.9. The van der Waals surface area contributed by atoms with Crippen molar-refractivity contribution in [2.75, 3.05) is 6.61 Å². The zero-order valence-corrected chi connectivity index (χ0v) is 19.1. The normalized spacial score (nSPS) is 14.2. The van der Waals surface area contributed by atoms with E-state index in [0.717, 1.165) is 5.56 Å². The van der Waals surface area contributed by atoms with Gasteiger partial charge in [0, 0.05) is 5.56 Å². The van der Waals surface area contributed by atoms with Crippen molar-refractivity contribution in [3.05, 3.63) is 99.2 Å². The molecule has 0 bridgehead atoms. The summed E-state index contributed by atoms with van der Waals surface area (Å²) < 4.78 is 44.0. The van der Waals surface area contributed by atoms with Crippen LogP contribution in [-0.2, 0) is 16.1 Å². The largest absolute Gasteiger partial charge is 0.490 e. The van der Waals surface area contributed by atoms with Gasteiger partial charge in [0.15, 0.2) is 17.2 Å². The molecule has 0 saturated carbocycles. The number of benzene rings is 3. The maximum Gasteiger partial charge on any atom is 0.363 e. The summed E-state index contributed by atoms with van der Waals surface area (Å²) >= 11 is 3.49. The number of hydrogen-bond acceptors (Lipinski definition) is 5. The molecule has 8 heteroatoms. The van der Waals surface area contributed by atoms with Crippen LogP contribution in [0.1, 0.15) is 23.6 Å². The van der Waals surface area contributed by atoms with E-state index in [1.807, 2.05) is 6.92 Å². The molecule has 0 unspecified atom stereocenters. The van der Waals surface area contributed by atoms with E-state index < -0.39 is 11.8 Å². The average molecular weight is 514 g/mol. The fraction of sp³-hybridized carbons (Fsp3) is 0.120. The number of aliphatic imine (C=N–C) groups is 1. The highest BCUT2D eigenvalue weighted by Gasteiger charge is 2.25. The van der Waals surface area contributed by atoms with Gasteiger partial charge in [-0.15, -0.1) is 0 Å². The Morgan fingerprint density at radius 3 is 2.55 bits per heavy atom. The molecule has 3 aromatic rings. The SMILES string of the molecule is CCOc1cc(C=C2N=C(c3cccc(F)c3)OC2=O)cc(Br)c1OCc1ccc(F)cc1. The molecule has 0 aliphatic carbocycles. The summed E-state index contributed by atoms with van der Waals surface area (Å²) in [5.41, 5.74) is 1.86. The number of hydrogen-bond donors (Lipinski definition) is 0. The molecule has 0 atom stereocenters. The Balaban J connectivity index is 1.61. The quantitative estimate of drug-likeness (QED) is 0.285. The van der Waals surface area contributed by atoms with Gasteiger partial charge in [-0.05, 0) is 82.5 Å². The molecule has 33 heavy (non-hydrogen) atoms. The van der Waals surface area contributed by atoms with E-state index in [4.69, 9.17) is 14.2 Å². The van der Waals surface area contributed by atoms with Crippen molar-refractivity contribution >= 4 is 33.9 Å². The van der Waals surface area contributed by atoms with Crippen LogP contribution in [0, 0.1) is 11.6 Å². The van der Waals surface area contributed by atoms with Gasteiger partial charge in [-0.1, -0.05) is 18.2 Å². The second kappa shape index (κ2) is 9.95. The molecule has 0 saturated heterocycles. The van der Waals surface area contributed by atoms with Crippen LogP contribution in [0.2, 0.25) is 0 Å². The average Bonchev–Trinajstić information content (AvgIpc) is 3.15. The van der Waals surface area contributed by atoms with E-state index in [1.165, 1.54) is 30.3 Å². The minimum atomic E-state index is -0.639. The van der Waals surface area contributed by atoms with Crippen molar-refractivity contribution in [1.29, 1.82) is 0 Å². The highest BCUT2D eigenvalue weighted by molar-refractivity contribution is 9.10. The van der Waals surface area contributed by atoms with Crippen LogP contribution in [0.15, 0.2) is 75.8 Å². The molecule has 3 aromatic carbocycles. The fourth-order valence-electron chi connectivity index (χ4n) is 3.12. The molecule has 0 radical (unpaired) electrons. The van der Waals surface area contributed by atoms with E-state index in [1.54, 1.807) is 36.4 Å².